The van der Waals surface area contributed by atoms with E-state index in [0.717, 1.165) is 19.3 Å². The van der Waals surface area contributed by atoms with E-state index < -0.39 is 11.3 Å². The molecule has 0 spiro atoms. The first kappa shape index (κ1) is 20.1. The number of hydrogen-bond acceptors (Lipinski definition) is 7. The third-order valence-corrected chi connectivity index (χ3v) is 4.92. The first-order valence-electron chi connectivity index (χ1n) is 8.90. The Kier molecular flexibility index (Phi) is 6.86. The Morgan fingerprint density at radius 2 is 2.36 bits per heavy atom. The molecule has 3 unspecified atom stereocenters. The highest BCUT2D eigenvalue weighted by Crippen LogP contribution is 2.29. The van der Waals surface area contributed by atoms with Crippen LogP contribution in [-0.4, -0.2) is 42.4 Å². The van der Waals surface area contributed by atoms with Gasteiger partial charge in [0, 0.05) is 18.4 Å². The second kappa shape index (κ2) is 9.54. The molecule has 2 aromatic rings. The Hall–Kier alpha value is -2.61. The SMILES string of the molecule is CC#CCn1ccc(C(=O)c2cncnc2NC2CCC(COS(N)=O)C2)n1. The van der Waals surface area contributed by atoms with E-state index in [1.165, 1.54) is 12.5 Å². The zero-order valence-corrected chi connectivity index (χ0v) is 16.3. The summed E-state index contributed by atoms with van der Waals surface area (Å²) in [6, 6.07) is 1.80. The molecule has 1 fully saturated rings. The minimum Gasteiger partial charge on any atom is -0.367 e. The first-order valence-corrected chi connectivity index (χ1v) is 10.0. The maximum atomic E-state index is 12.9. The molecule has 0 aliphatic heterocycles. The summed E-state index contributed by atoms with van der Waals surface area (Å²) >= 11 is -1.75. The van der Waals surface area contributed by atoms with E-state index in [2.05, 4.69) is 32.2 Å². The minimum absolute atomic E-state index is 0.138. The smallest absolute Gasteiger partial charge is 0.231 e. The second-order valence-corrected chi connectivity index (χ2v) is 7.26. The first-order chi connectivity index (χ1) is 13.6. The molecule has 0 saturated heterocycles. The molecule has 3 rings (SSSR count). The number of aromatic nitrogens is 4. The number of anilines is 1. The van der Waals surface area contributed by atoms with Gasteiger partial charge in [-0.15, -0.1) is 5.92 Å². The Balaban J connectivity index is 1.67. The van der Waals surface area contributed by atoms with Crippen molar-refractivity contribution in [1.29, 1.82) is 0 Å². The van der Waals surface area contributed by atoms with Crippen molar-refractivity contribution in [3.05, 3.63) is 36.0 Å². The van der Waals surface area contributed by atoms with Crippen LogP contribution in [0.4, 0.5) is 5.82 Å². The molecule has 2 heterocycles. The standard InChI is InChI=1S/C18H22N6O3S/c1-2-3-7-24-8-6-16(23-24)17(25)15-10-20-12-21-18(15)22-14-5-4-13(9-14)11-27-28(19)26/h6,8,10,12-14H,4-5,7,9,11,19H2,1H3,(H,20,21,22). The second-order valence-electron chi connectivity index (χ2n) is 6.50. The topological polar surface area (TPSA) is 125 Å². The number of nitrogens with two attached hydrogens (primary N) is 1. The lowest BCUT2D eigenvalue weighted by atomic mass is 10.1. The van der Waals surface area contributed by atoms with E-state index in [-0.39, 0.29) is 17.7 Å². The third kappa shape index (κ3) is 5.22. The van der Waals surface area contributed by atoms with Gasteiger partial charge in [-0.3, -0.25) is 13.7 Å². The molecule has 2 aromatic heterocycles. The predicted octanol–water partition coefficient (Wildman–Crippen LogP) is 1.06. The lowest BCUT2D eigenvalue weighted by Crippen LogP contribution is -2.20. The van der Waals surface area contributed by atoms with Gasteiger partial charge in [-0.1, -0.05) is 5.92 Å². The number of nitrogens with one attached hydrogen (secondary N) is 1. The van der Waals surface area contributed by atoms with E-state index in [1.807, 2.05) is 0 Å². The van der Waals surface area contributed by atoms with Crippen LogP contribution in [0, 0.1) is 17.8 Å². The fraction of sp³-hybridized carbons (Fsp3) is 0.444. The van der Waals surface area contributed by atoms with E-state index in [0.29, 0.717) is 30.2 Å². The van der Waals surface area contributed by atoms with E-state index >= 15 is 0 Å². The van der Waals surface area contributed by atoms with Gasteiger partial charge in [-0.05, 0) is 38.2 Å². The number of rotatable bonds is 8. The summed E-state index contributed by atoms with van der Waals surface area (Å²) in [6.07, 6.45) is 7.26. The van der Waals surface area contributed by atoms with Gasteiger partial charge >= 0.3 is 0 Å². The molecule has 3 N–H and O–H groups in total. The summed E-state index contributed by atoms with van der Waals surface area (Å²) in [6.45, 7) is 2.54. The van der Waals surface area contributed by atoms with Crippen molar-refractivity contribution in [2.45, 2.75) is 38.8 Å². The van der Waals surface area contributed by atoms with Crippen molar-refractivity contribution in [2.75, 3.05) is 11.9 Å². The van der Waals surface area contributed by atoms with Gasteiger partial charge in [-0.25, -0.2) is 19.3 Å². The lowest BCUT2D eigenvalue weighted by molar-refractivity contribution is 0.103. The molecule has 0 amide bonds. The minimum atomic E-state index is -1.75. The maximum Gasteiger partial charge on any atom is 0.231 e. The average molecular weight is 402 g/mol. The molecule has 0 bridgehead atoms. The van der Waals surface area contributed by atoms with Gasteiger partial charge in [0.25, 0.3) is 0 Å². The van der Waals surface area contributed by atoms with Crippen molar-refractivity contribution < 1.29 is 13.2 Å². The zero-order valence-electron chi connectivity index (χ0n) is 15.5. The molecule has 9 nitrogen and oxygen atoms in total. The summed E-state index contributed by atoms with van der Waals surface area (Å²) in [5.74, 6) is 6.20. The number of nitrogens with zero attached hydrogens (tertiary/aromatic N) is 4. The quantitative estimate of drug-likeness (QED) is 0.499. The number of carbonyl (C=O) groups is 1. The molecular formula is C18H22N6O3S. The van der Waals surface area contributed by atoms with Crippen LogP contribution in [0.2, 0.25) is 0 Å². The van der Waals surface area contributed by atoms with Crippen molar-refractivity contribution in [3.8, 4) is 11.8 Å². The van der Waals surface area contributed by atoms with Crippen LogP contribution in [0.3, 0.4) is 0 Å². The van der Waals surface area contributed by atoms with Crippen molar-refractivity contribution in [1.82, 2.24) is 19.7 Å². The molecule has 0 aromatic carbocycles. The number of ketones is 1. The highest BCUT2D eigenvalue weighted by atomic mass is 32.2. The normalized spacial score (nSPS) is 19.6. The fourth-order valence-corrected chi connectivity index (χ4v) is 3.52. The predicted molar refractivity (Wildman–Crippen MR) is 104 cm³/mol. The highest BCUT2D eigenvalue weighted by Gasteiger charge is 2.27. The Morgan fingerprint density at radius 1 is 1.50 bits per heavy atom. The fourth-order valence-electron chi connectivity index (χ4n) is 3.19. The van der Waals surface area contributed by atoms with Crippen LogP contribution in [0.25, 0.3) is 0 Å². The van der Waals surface area contributed by atoms with Gasteiger partial charge in [0.05, 0.1) is 12.2 Å². The maximum absolute atomic E-state index is 12.9. The Bertz CT molecular complexity index is 919. The van der Waals surface area contributed by atoms with Gasteiger partial charge in [-0.2, -0.15) is 5.10 Å². The van der Waals surface area contributed by atoms with Crippen molar-refractivity contribution in [2.24, 2.45) is 11.1 Å². The lowest BCUT2D eigenvalue weighted by Gasteiger charge is -2.15. The molecule has 28 heavy (non-hydrogen) atoms. The molecule has 10 heteroatoms. The molecule has 1 saturated carbocycles. The van der Waals surface area contributed by atoms with Gasteiger partial charge in [0.1, 0.15) is 24.4 Å². The van der Waals surface area contributed by atoms with Crippen LogP contribution >= 0.6 is 0 Å². The van der Waals surface area contributed by atoms with E-state index in [1.54, 1.807) is 23.9 Å². The molecular weight excluding hydrogens is 380 g/mol. The van der Waals surface area contributed by atoms with Gasteiger partial charge < -0.3 is 5.32 Å². The van der Waals surface area contributed by atoms with E-state index in [4.69, 9.17) is 9.32 Å². The largest absolute Gasteiger partial charge is 0.367 e. The van der Waals surface area contributed by atoms with Crippen LogP contribution in [0.15, 0.2) is 24.8 Å². The average Bonchev–Trinajstić information content (AvgIpc) is 3.34. The third-order valence-electron chi connectivity index (χ3n) is 4.55. The molecule has 148 valence electrons. The zero-order chi connectivity index (χ0) is 19.9. The van der Waals surface area contributed by atoms with Crippen molar-refractivity contribution >= 4 is 22.9 Å². The molecule has 3 atom stereocenters. The summed E-state index contributed by atoms with van der Waals surface area (Å²) < 4.78 is 17.5. The summed E-state index contributed by atoms with van der Waals surface area (Å²) in [7, 11) is 0. The summed E-state index contributed by atoms with van der Waals surface area (Å²) in [4.78, 5) is 21.1. The van der Waals surface area contributed by atoms with E-state index in [9.17, 15) is 9.00 Å². The van der Waals surface area contributed by atoms with Crippen LogP contribution in [0.1, 0.15) is 42.2 Å². The van der Waals surface area contributed by atoms with Crippen LogP contribution < -0.4 is 10.5 Å². The number of hydrogen-bond donors (Lipinski definition) is 2. The Morgan fingerprint density at radius 3 is 3.14 bits per heavy atom. The Labute approximate surface area is 165 Å². The summed E-state index contributed by atoms with van der Waals surface area (Å²) in [5, 5.41) is 12.7. The number of carbonyl (C=O) groups excluding carboxylic acids is 1. The van der Waals surface area contributed by atoms with Gasteiger partial charge in [0.15, 0.2) is 0 Å². The van der Waals surface area contributed by atoms with Gasteiger partial charge in [0.2, 0.25) is 17.0 Å². The molecule has 1 aliphatic carbocycles. The molecule has 1 aliphatic rings. The monoisotopic (exact) mass is 402 g/mol. The van der Waals surface area contributed by atoms with Crippen LogP contribution in [-0.2, 0) is 22.0 Å². The summed E-state index contributed by atoms with van der Waals surface area (Å²) in [5.41, 5.74) is 0.691. The van der Waals surface area contributed by atoms with Crippen molar-refractivity contribution in [3.63, 3.8) is 0 Å². The highest BCUT2D eigenvalue weighted by molar-refractivity contribution is 7.77. The molecule has 0 radical (unpaired) electrons. The van der Waals surface area contributed by atoms with Crippen LogP contribution in [0.5, 0.6) is 0 Å².